The summed E-state index contributed by atoms with van der Waals surface area (Å²) >= 11 is 0. The van der Waals surface area contributed by atoms with Crippen molar-refractivity contribution in [2.45, 2.75) is 25.8 Å². The summed E-state index contributed by atoms with van der Waals surface area (Å²) in [5, 5.41) is 11.6. The van der Waals surface area contributed by atoms with E-state index in [1.807, 2.05) is 0 Å². The Morgan fingerprint density at radius 3 is 2.71 bits per heavy atom. The SMILES string of the molecule is CC(=O)N[C@@H]1CCCN(C(=O)c2ccc(C(=O)O)nc2)C1. The van der Waals surface area contributed by atoms with Gasteiger partial charge in [-0.1, -0.05) is 0 Å². The van der Waals surface area contributed by atoms with Gasteiger partial charge in [-0.25, -0.2) is 9.78 Å². The summed E-state index contributed by atoms with van der Waals surface area (Å²) in [5.41, 5.74) is 0.254. The van der Waals surface area contributed by atoms with Crippen molar-refractivity contribution in [1.82, 2.24) is 15.2 Å². The van der Waals surface area contributed by atoms with E-state index in [0.29, 0.717) is 18.7 Å². The molecule has 7 nitrogen and oxygen atoms in total. The lowest BCUT2D eigenvalue weighted by molar-refractivity contribution is -0.120. The van der Waals surface area contributed by atoms with E-state index in [1.54, 1.807) is 4.90 Å². The van der Waals surface area contributed by atoms with E-state index in [1.165, 1.54) is 25.3 Å². The predicted octanol–water partition coefficient (Wildman–Crippen LogP) is 0.521. The quantitative estimate of drug-likeness (QED) is 0.845. The number of carboxylic acid groups (broad SMARTS) is 1. The van der Waals surface area contributed by atoms with Gasteiger partial charge in [0.15, 0.2) is 0 Å². The Labute approximate surface area is 122 Å². The van der Waals surface area contributed by atoms with Crippen molar-refractivity contribution in [3.8, 4) is 0 Å². The summed E-state index contributed by atoms with van der Waals surface area (Å²) < 4.78 is 0. The Morgan fingerprint density at radius 1 is 1.38 bits per heavy atom. The first-order valence-electron chi connectivity index (χ1n) is 6.73. The van der Waals surface area contributed by atoms with Crippen LogP contribution in [0.1, 0.15) is 40.6 Å². The number of pyridine rings is 1. The van der Waals surface area contributed by atoms with E-state index >= 15 is 0 Å². The molecule has 21 heavy (non-hydrogen) atoms. The van der Waals surface area contributed by atoms with Gasteiger partial charge in [0, 0.05) is 32.3 Å². The third kappa shape index (κ3) is 3.77. The number of aromatic carboxylic acids is 1. The number of hydrogen-bond donors (Lipinski definition) is 2. The molecule has 1 aromatic heterocycles. The third-order valence-electron chi connectivity index (χ3n) is 3.35. The van der Waals surface area contributed by atoms with Gasteiger partial charge < -0.3 is 15.3 Å². The Morgan fingerprint density at radius 2 is 2.14 bits per heavy atom. The van der Waals surface area contributed by atoms with Crippen LogP contribution in [-0.4, -0.2) is 51.9 Å². The first-order valence-corrected chi connectivity index (χ1v) is 6.73. The van der Waals surface area contributed by atoms with Gasteiger partial charge >= 0.3 is 5.97 Å². The van der Waals surface area contributed by atoms with Gasteiger partial charge in [-0.2, -0.15) is 0 Å². The standard InChI is InChI=1S/C14H17N3O4/c1-9(18)16-11-3-2-6-17(8-11)13(19)10-4-5-12(14(20)21)15-7-10/h4-5,7,11H,2-3,6,8H2,1H3,(H,16,18)(H,20,21)/t11-/m1/s1. The Hall–Kier alpha value is -2.44. The molecule has 7 heteroatoms. The van der Waals surface area contributed by atoms with Crippen LogP contribution in [0, 0.1) is 0 Å². The zero-order valence-electron chi connectivity index (χ0n) is 11.7. The van der Waals surface area contributed by atoms with Crippen molar-refractivity contribution in [3.05, 3.63) is 29.6 Å². The minimum atomic E-state index is -1.13. The predicted molar refractivity (Wildman–Crippen MR) is 73.9 cm³/mol. The van der Waals surface area contributed by atoms with Crippen LogP contribution in [0.15, 0.2) is 18.3 Å². The van der Waals surface area contributed by atoms with Crippen LogP contribution in [-0.2, 0) is 4.79 Å². The molecule has 2 N–H and O–H groups in total. The zero-order chi connectivity index (χ0) is 15.4. The summed E-state index contributed by atoms with van der Waals surface area (Å²) in [6, 6.07) is 2.73. The van der Waals surface area contributed by atoms with Crippen LogP contribution < -0.4 is 5.32 Å². The minimum absolute atomic E-state index is 0.0357. The summed E-state index contributed by atoms with van der Waals surface area (Å²) in [6.45, 7) is 2.53. The van der Waals surface area contributed by atoms with E-state index in [9.17, 15) is 14.4 Å². The lowest BCUT2D eigenvalue weighted by Gasteiger charge is -2.33. The maximum Gasteiger partial charge on any atom is 0.354 e. The van der Waals surface area contributed by atoms with E-state index < -0.39 is 5.97 Å². The van der Waals surface area contributed by atoms with Crippen molar-refractivity contribution >= 4 is 17.8 Å². The van der Waals surface area contributed by atoms with E-state index in [4.69, 9.17) is 5.11 Å². The molecule has 1 saturated heterocycles. The molecule has 2 amide bonds. The number of hydrogen-bond acceptors (Lipinski definition) is 4. The third-order valence-corrected chi connectivity index (χ3v) is 3.35. The fourth-order valence-corrected chi connectivity index (χ4v) is 2.40. The number of carbonyl (C=O) groups excluding carboxylic acids is 2. The Kier molecular flexibility index (Phi) is 4.52. The molecular weight excluding hydrogens is 274 g/mol. The van der Waals surface area contributed by atoms with Gasteiger partial charge in [-0.3, -0.25) is 9.59 Å². The lowest BCUT2D eigenvalue weighted by atomic mass is 10.0. The number of rotatable bonds is 3. The van der Waals surface area contributed by atoms with Crippen molar-refractivity contribution in [2.24, 2.45) is 0 Å². The molecule has 2 heterocycles. The number of piperidine rings is 1. The van der Waals surface area contributed by atoms with Crippen molar-refractivity contribution in [3.63, 3.8) is 0 Å². The summed E-state index contributed by atoms with van der Waals surface area (Å²) in [7, 11) is 0. The fourth-order valence-electron chi connectivity index (χ4n) is 2.40. The first-order chi connectivity index (χ1) is 9.97. The maximum absolute atomic E-state index is 12.3. The second kappa shape index (κ2) is 6.34. The molecule has 1 fully saturated rings. The number of aromatic nitrogens is 1. The van der Waals surface area contributed by atoms with Crippen LogP contribution in [0.2, 0.25) is 0 Å². The molecule has 2 rings (SSSR count). The van der Waals surface area contributed by atoms with E-state index in [-0.39, 0.29) is 23.6 Å². The summed E-state index contributed by atoms with van der Waals surface area (Å²) in [4.78, 5) is 39.5. The van der Waals surface area contributed by atoms with Crippen molar-refractivity contribution < 1.29 is 19.5 Å². The highest BCUT2D eigenvalue weighted by atomic mass is 16.4. The number of carbonyl (C=O) groups is 3. The molecule has 0 aliphatic carbocycles. The average Bonchev–Trinajstić information content (AvgIpc) is 2.46. The van der Waals surface area contributed by atoms with Crippen LogP contribution in [0.4, 0.5) is 0 Å². The highest BCUT2D eigenvalue weighted by molar-refractivity contribution is 5.95. The van der Waals surface area contributed by atoms with Crippen molar-refractivity contribution in [2.75, 3.05) is 13.1 Å². The largest absolute Gasteiger partial charge is 0.477 e. The molecule has 1 aliphatic heterocycles. The number of carboxylic acids is 1. The smallest absolute Gasteiger partial charge is 0.354 e. The van der Waals surface area contributed by atoms with Gasteiger partial charge in [-0.15, -0.1) is 0 Å². The van der Waals surface area contributed by atoms with Gasteiger partial charge in [0.05, 0.1) is 5.56 Å². The second-order valence-corrected chi connectivity index (χ2v) is 5.03. The second-order valence-electron chi connectivity index (χ2n) is 5.03. The lowest BCUT2D eigenvalue weighted by Crippen LogP contribution is -2.49. The highest BCUT2D eigenvalue weighted by Gasteiger charge is 2.25. The summed E-state index contributed by atoms with van der Waals surface area (Å²) in [6.07, 6.45) is 2.94. The monoisotopic (exact) mass is 291 g/mol. The molecule has 0 radical (unpaired) electrons. The molecule has 1 atom stereocenters. The van der Waals surface area contributed by atoms with Crippen LogP contribution >= 0.6 is 0 Å². The molecule has 0 bridgehead atoms. The number of likely N-dealkylation sites (tertiary alicyclic amines) is 1. The van der Waals surface area contributed by atoms with E-state index in [2.05, 4.69) is 10.3 Å². The summed E-state index contributed by atoms with van der Waals surface area (Å²) in [5.74, 6) is -1.44. The number of nitrogens with zero attached hydrogens (tertiary/aromatic N) is 2. The molecule has 0 unspecified atom stereocenters. The molecular formula is C14H17N3O4. The van der Waals surface area contributed by atoms with Gasteiger partial charge in [-0.05, 0) is 25.0 Å². The minimum Gasteiger partial charge on any atom is -0.477 e. The molecule has 0 spiro atoms. The van der Waals surface area contributed by atoms with Gasteiger partial charge in [0.25, 0.3) is 5.91 Å². The Balaban J connectivity index is 2.04. The van der Waals surface area contributed by atoms with Crippen LogP contribution in [0.25, 0.3) is 0 Å². The fraction of sp³-hybridized carbons (Fsp3) is 0.429. The maximum atomic E-state index is 12.3. The van der Waals surface area contributed by atoms with Gasteiger partial charge in [0.2, 0.25) is 5.91 Å². The van der Waals surface area contributed by atoms with Crippen LogP contribution in [0.5, 0.6) is 0 Å². The molecule has 1 aliphatic rings. The number of nitrogens with one attached hydrogen (secondary N) is 1. The molecule has 0 aromatic carbocycles. The van der Waals surface area contributed by atoms with E-state index in [0.717, 1.165) is 12.8 Å². The topological polar surface area (TPSA) is 99.6 Å². The average molecular weight is 291 g/mol. The zero-order valence-corrected chi connectivity index (χ0v) is 11.7. The van der Waals surface area contributed by atoms with Crippen LogP contribution in [0.3, 0.4) is 0 Å². The normalized spacial score (nSPS) is 18.1. The highest BCUT2D eigenvalue weighted by Crippen LogP contribution is 2.14. The molecule has 0 saturated carbocycles. The van der Waals surface area contributed by atoms with Gasteiger partial charge in [0.1, 0.15) is 5.69 Å². The number of amides is 2. The molecule has 112 valence electrons. The van der Waals surface area contributed by atoms with Crippen molar-refractivity contribution in [1.29, 1.82) is 0 Å². The molecule has 1 aromatic rings. The Bertz CT molecular complexity index is 556. The first kappa shape index (κ1) is 15.0.